The average molecular weight is 551 g/mol. The van der Waals surface area contributed by atoms with E-state index in [1.807, 2.05) is 13.8 Å². The summed E-state index contributed by atoms with van der Waals surface area (Å²) in [5, 5.41) is 5.51. The Hall–Kier alpha value is -2.65. The molecule has 0 spiro atoms. The van der Waals surface area contributed by atoms with Crippen molar-refractivity contribution in [3.8, 4) is 0 Å². The normalized spacial score (nSPS) is 21.2. The minimum absolute atomic E-state index is 0.0232. The lowest BCUT2D eigenvalue weighted by Crippen LogP contribution is -2.58. The summed E-state index contributed by atoms with van der Waals surface area (Å²) in [5.41, 5.74) is 5.23. The third kappa shape index (κ3) is 10.1. The molecule has 3 aliphatic rings. The third-order valence-corrected chi connectivity index (χ3v) is 7.72. The molecular formula is C29H50N4O6. The molecule has 2 saturated carbocycles. The monoisotopic (exact) mass is 550 g/mol. The van der Waals surface area contributed by atoms with E-state index in [0.29, 0.717) is 25.8 Å². The second-order valence-corrected chi connectivity index (χ2v) is 11.7. The van der Waals surface area contributed by atoms with Crippen molar-refractivity contribution in [2.45, 2.75) is 123 Å². The van der Waals surface area contributed by atoms with Crippen LogP contribution >= 0.6 is 0 Å². The number of rotatable bonds is 11. The van der Waals surface area contributed by atoms with E-state index in [1.165, 1.54) is 11.3 Å². The summed E-state index contributed by atoms with van der Waals surface area (Å²) in [4.78, 5) is 65.0. The van der Waals surface area contributed by atoms with Gasteiger partial charge >= 0.3 is 6.09 Å². The predicted molar refractivity (Wildman–Crippen MR) is 148 cm³/mol. The van der Waals surface area contributed by atoms with E-state index < -0.39 is 41.8 Å². The molecule has 222 valence electrons. The highest BCUT2D eigenvalue weighted by Crippen LogP contribution is 2.32. The van der Waals surface area contributed by atoms with Gasteiger partial charge in [-0.15, -0.1) is 0 Å². The quantitative estimate of drug-likeness (QED) is 0.336. The molecule has 1 saturated heterocycles. The van der Waals surface area contributed by atoms with Gasteiger partial charge in [-0.1, -0.05) is 72.6 Å². The summed E-state index contributed by atoms with van der Waals surface area (Å²) >= 11 is 0. The molecule has 3 atom stereocenters. The van der Waals surface area contributed by atoms with E-state index in [4.69, 9.17) is 10.5 Å². The molecule has 1 aliphatic heterocycles. The van der Waals surface area contributed by atoms with Gasteiger partial charge in [-0.2, -0.15) is 0 Å². The summed E-state index contributed by atoms with van der Waals surface area (Å²) in [6, 6.07) is -2.51. The van der Waals surface area contributed by atoms with Gasteiger partial charge in [0.15, 0.2) is 0 Å². The number of nitrogens with zero attached hydrogens (tertiary/aromatic N) is 1. The summed E-state index contributed by atoms with van der Waals surface area (Å²) < 4.78 is 5.28. The molecular weight excluding hydrogens is 500 g/mol. The van der Waals surface area contributed by atoms with Gasteiger partial charge in [-0.05, 0) is 49.9 Å². The topological polar surface area (TPSA) is 148 Å². The first-order valence-electron chi connectivity index (χ1n) is 15.0. The number of hydrogen-bond acceptors (Lipinski definition) is 6. The lowest BCUT2D eigenvalue weighted by atomic mass is 9.80. The fourth-order valence-corrected chi connectivity index (χ4v) is 5.47. The second-order valence-electron chi connectivity index (χ2n) is 11.7. The van der Waals surface area contributed by atoms with E-state index in [-0.39, 0.29) is 30.3 Å². The maximum absolute atomic E-state index is 13.7. The van der Waals surface area contributed by atoms with Crippen LogP contribution in [0.2, 0.25) is 0 Å². The van der Waals surface area contributed by atoms with Crippen LogP contribution in [0, 0.1) is 17.8 Å². The number of alkyl carbamates (subject to hydrolysis) is 1. The molecule has 0 aromatic rings. The minimum Gasteiger partial charge on any atom is -0.449 e. The molecule has 10 nitrogen and oxygen atoms in total. The van der Waals surface area contributed by atoms with Gasteiger partial charge in [0.25, 0.3) is 5.91 Å². The number of ketones is 1. The molecule has 1 heterocycles. The van der Waals surface area contributed by atoms with Crippen LogP contribution in [-0.4, -0.2) is 65.8 Å². The highest BCUT2D eigenvalue weighted by atomic mass is 16.5. The van der Waals surface area contributed by atoms with Crippen molar-refractivity contribution in [3.05, 3.63) is 0 Å². The fraction of sp³-hybridized carbons (Fsp3) is 0.828. The van der Waals surface area contributed by atoms with E-state index in [9.17, 15) is 24.0 Å². The number of primary amides is 1. The highest BCUT2D eigenvalue weighted by molar-refractivity contribution is 6.37. The Morgan fingerprint density at radius 2 is 1.54 bits per heavy atom. The number of carbonyl (C=O) groups is 5. The molecule has 0 radical (unpaired) electrons. The zero-order valence-electron chi connectivity index (χ0n) is 24.3. The molecule has 39 heavy (non-hydrogen) atoms. The molecule has 10 heteroatoms. The van der Waals surface area contributed by atoms with Crippen LogP contribution < -0.4 is 16.4 Å². The fourth-order valence-electron chi connectivity index (χ4n) is 5.47. The maximum atomic E-state index is 13.7. The Balaban J connectivity index is 0.00000170. The summed E-state index contributed by atoms with van der Waals surface area (Å²) in [6.07, 6.45) is 9.77. The number of nitrogens with one attached hydrogen (secondary N) is 2. The van der Waals surface area contributed by atoms with Gasteiger partial charge in [0.1, 0.15) is 12.1 Å². The van der Waals surface area contributed by atoms with Crippen molar-refractivity contribution in [3.63, 3.8) is 0 Å². The predicted octanol–water partition coefficient (Wildman–Crippen LogP) is 3.45. The molecule has 4 amide bonds. The van der Waals surface area contributed by atoms with E-state index in [2.05, 4.69) is 24.5 Å². The minimum atomic E-state index is -1.07. The first-order valence-corrected chi connectivity index (χ1v) is 15.0. The van der Waals surface area contributed by atoms with E-state index >= 15 is 0 Å². The first-order chi connectivity index (χ1) is 18.6. The standard InChI is InChI=1S/C26H42N4O6.C3H8/c1-16(2)15-36-26(35)29-21(18-10-4-3-5-11-18)25(34)30-13-7-12-20(30)24(33)28-19(22(31)23(27)32)14-17-8-6-9-17;1-3-2/h16-21H,3-15H2,1-2H3,(H2,27,32)(H,28,33)(H,29,35);3H2,1-2H3/t19?,20?,21-;/m0./s1. The van der Waals surface area contributed by atoms with Crippen molar-refractivity contribution in [2.24, 2.45) is 23.5 Å². The number of ether oxygens (including phenoxy) is 1. The number of Topliss-reactive ketones (excluding diaryl/α,β-unsaturated/α-hetero) is 1. The molecule has 2 unspecified atom stereocenters. The number of hydrogen-bond donors (Lipinski definition) is 3. The number of nitrogens with two attached hydrogens (primary N) is 1. The number of carbonyl (C=O) groups excluding carboxylic acids is 5. The number of likely N-dealkylation sites (tertiary alicyclic amines) is 1. The van der Waals surface area contributed by atoms with Gasteiger partial charge < -0.3 is 26.0 Å². The van der Waals surface area contributed by atoms with Gasteiger partial charge in [-0.25, -0.2) is 4.79 Å². The van der Waals surface area contributed by atoms with Crippen LogP contribution in [-0.2, 0) is 23.9 Å². The zero-order chi connectivity index (χ0) is 28.9. The lowest BCUT2D eigenvalue weighted by molar-refractivity contribution is -0.143. The first kappa shape index (κ1) is 32.6. The van der Waals surface area contributed by atoms with Gasteiger partial charge in [-0.3, -0.25) is 19.2 Å². The lowest BCUT2D eigenvalue weighted by Gasteiger charge is -2.35. The Morgan fingerprint density at radius 1 is 0.897 bits per heavy atom. The molecule has 3 rings (SSSR count). The van der Waals surface area contributed by atoms with E-state index in [0.717, 1.165) is 51.4 Å². The SMILES string of the molecule is CC(C)COC(=O)N[C@H](C(=O)N1CCCC1C(=O)NC(CC1CCC1)C(=O)C(N)=O)C1CCCCC1.CCC. The van der Waals surface area contributed by atoms with Gasteiger partial charge in [0.05, 0.1) is 12.6 Å². The van der Waals surface area contributed by atoms with Crippen LogP contribution in [0.4, 0.5) is 4.79 Å². The molecule has 2 aliphatic carbocycles. The van der Waals surface area contributed by atoms with Crippen molar-refractivity contribution in [1.82, 2.24) is 15.5 Å². The molecule has 3 fully saturated rings. The van der Waals surface area contributed by atoms with Crippen molar-refractivity contribution in [2.75, 3.05) is 13.2 Å². The smallest absolute Gasteiger partial charge is 0.407 e. The van der Waals surface area contributed by atoms with Crippen LogP contribution in [0.3, 0.4) is 0 Å². The Bertz CT molecular complexity index is 838. The van der Waals surface area contributed by atoms with Crippen molar-refractivity contribution in [1.29, 1.82) is 0 Å². The van der Waals surface area contributed by atoms with Crippen LogP contribution in [0.1, 0.15) is 105 Å². The second kappa shape index (κ2) is 16.5. The third-order valence-electron chi connectivity index (χ3n) is 7.72. The zero-order valence-corrected chi connectivity index (χ0v) is 24.3. The Labute approximate surface area is 233 Å². The average Bonchev–Trinajstić information content (AvgIpc) is 3.37. The van der Waals surface area contributed by atoms with Gasteiger partial charge in [0.2, 0.25) is 17.6 Å². The summed E-state index contributed by atoms with van der Waals surface area (Å²) in [7, 11) is 0. The van der Waals surface area contributed by atoms with Crippen LogP contribution in [0.25, 0.3) is 0 Å². The maximum Gasteiger partial charge on any atom is 0.407 e. The van der Waals surface area contributed by atoms with Crippen molar-refractivity contribution >= 4 is 29.6 Å². The molecule has 4 N–H and O–H groups in total. The Kier molecular flexibility index (Phi) is 13.7. The molecule has 0 aromatic heterocycles. The summed E-state index contributed by atoms with van der Waals surface area (Å²) in [5.74, 6) is -2.20. The summed E-state index contributed by atoms with van der Waals surface area (Å²) in [6.45, 7) is 8.76. The van der Waals surface area contributed by atoms with Gasteiger partial charge in [0, 0.05) is 6.54 Å². The highest BCUT2D eigenvalue weighted by Gasteiger charge is 2.42. The van der Waals surface area contributed by atoms with Crippen molar-refractivity contribution < 1.29 is 28.7 Å². The Morgan fingerprint density at radius 3 is 2.08 bits per heavy atom. The van der Waals surface area contributed by atoms with Crippen LogP contribution in [0.15, 0.2) is 0 Å². The number of amides is 4. The molecule has 0 bridgehead atoms. The van der Waals surface area contributed by atoms with E-state index in [1.54, 1.807) is 0 Å². The van der Waals surface area contributed by atoms with Crippen LogP contribution in [0.5, 0.6) is 0 Å². The largest absolute Gasteiger partial charge is 0.449 e. The molecule has 0 aromatic carbocycles.